The molecule has 0 saturated carbocycles. The van der Waals surface area contributed by atoms with E-state index in [9.17, 15) is 22.6 Å². The van der Waals surface area contributed by atoms with Crippen LogP contribution in [-0.2, 0) is 24.3 Å². The van der Waals surface area contributed by atoms with E-state index in [1.165, 1.54) is 4.90 Å². The van der Waals surface area contributed by atoms with Gasteiger partial charge in [0.25, 0.3) is 5.91 Å². The number of nitrogens with one attached hydrogen (secondary N) is 2. The van der Waals surface area contributed by atoms with Crippen LogP contribution in [0, 0.1) is 0 Å². The molecule has 3 saturated heterocycles. The molecule has 2 aromatic rings. The maximum Gasteiger partial charge on any atom is 1.00 e. The number of nitrogens with zero attached hydrogens (tertiary/aromatic N) is 4. The molecule has 178 valence electrons. The van der Waals surface area contributed by atoms with Crippen molar-refractivity contribution in [1.29, 1.82) is 0 Å². The predicted octanol–water partition coefficient (Wildman–Crippen LogP) is -3.35. The first-order valence-electron chi connectivity index (χ1n) is 10.6. The molecule has 13 nitrogen and oxygen atoms in total. The van der Waals surface area contributed by atoms with Gasteiger partial charge < -0.3 is 19.3 Å². The summed E-state index contributed by atoms with van der Waals surface area (Å²) in [7, 11) is -5.08. The van der Waals surface area contributed by atoms with Crippen LogP contribution in [-0.4, -0.2) is 82.2 Å². The van der Waals surface area contributed by atoms with Crippen LogP contribution in [0.3, 0.4) is 0 Å². The third kappa shape index (κ3) is 5.09. The number of benzene rings is 1. The number of piperidine rings is 1. The number of rotatable bonds is 7. The van der Waals surface area contributed by atoms with Gasteiger partial charge in [-0.25, -0.2) is 23.7 Å². The molecule has 15 heteroatoms. The van der Waals surface area contributed by atoms with Crippen molar-refractivity contribution >= 4 is 33.4 Å². The van der Waals surface area contributed by atoms with Gasteiger partial charge in [-0.1, -0.05) is 12.1 Å². The molecule has 4 atom stereocenters. The topological polar surface area (TPSA) is 158 Å². The SMILES string of the molecule is O=C(NOC[C@H]1C[C@@H](n2cnc3ccccc32)CN1)[C@@H]1CC[C@@H]2CN1C(=O)N2OS(=O)(=O)[O-].[Na+]. The summed E-state index contributed by atoms with van der Waals surface area (Å²) in [6, 6.07) is 5.89. The van der Waals surface area contributed by atoms with Crippen LogP contribution in [0.25, 0.3) is 11.0 Å². The van der Waals surface area contributed by atoms with Crippen LogP contribution < -0.4 is 40.4 Å². The van der Waals surface area contributed by atoms with E-state index in [-0.39, 0.29) is 54.8 Å². The van der Waals surface area contributed by atoms with Gasteiger partial charge in [0.05, 0.1) is 30.0 Å². The predicted molar refractivity (Wildman–Crippen MR) is 111 cm³/mol. The zero-order valence-electron chi connectivity index (χ0n) is 18.5. The van der Waals surface area contributed by atoms with E-state index in [2.05, 4.69) is 24.6 Å². The Hall–Kier alpha value is -1.78. The largest absolute Gasteiger partial charge is 1.00 e. The molecular formula is C19H23N6NaO7S. The molecule has 3 aliphatic heterocycles. The zero-order chi connectivity index (χ0) is 23.2. The third-order valence-electron chi connectivity index (χ3n) is 6.33. The average molecular weight is 502 g/mol. The normalized spacial score (nSPS) is 26.7. The van der Waals surface area contributed by atoms with Crippen molar-refractivity contribution in [3.8, 4) is 0 Å². The van der Waals surface area contributed by atoms with E-state index in [0.717, 1.165) is 24.0 Å². The standard InChI is InChI=1S/C19H24N6O7S.Na/c26-18(17-6-5-13-9-23(17)19(27)25(13)32-33(28,29)30)22-31-10-12-7-14(8-20-12)24-11-21-15-3-1-2-4-16(15)24;/h1-4,11-14,17,20H,5-10H2,(H,22,26)(H,28,29,30);/q;+1/p-1/t12-,13-,14-,17+;/m1./s1. The quantitative estimate of drug-likeness (QED) is 0.171. The van der Waals surface area contributed by atoms with Gasteiger partial charge in [-0.15, -0.1) is 0 Å². The number of aromatic nitrogens is 2. The summed E-state index contributed by atoms with van der Waals surface area (Å²) in [5, 5.41) is 3.92. The molecule has 5 rings (SSSR count). The minimum absolute atomic E-state index is 0. The molecule has 34 heavy (non-hydrogen) atoms. The molecule has 2 bridgehead atoms. The summed E-state index contributed by atoms with van der Waals surface area (Å²) >= 11 is 0. The minimum Gasteiger partial charge on any atom is -0.724 e. The molecule has 0 spiro atoms. The maximum atomic E-state index is 12.6. The Kier molecular flexibility index (Phi) is 7.50. The molecule has 4 heterocycles. The molecule has 1 aromatic heterocycles. The summed E-state index contributed by atoms with van der Waals surface area (Å²) < 4.78 is 39.0. The second-order valence-corrected chi connectivity index (χ2v) is 9.37. The molecule has 3 fully saturated rings. The van der Waals surface area contributed by atoms with Crippen molar-refractivity contribution in [2.24, 2.45) is 0 Å². The first-order valence-corrected chi connectivity index (χ1v) is 12.0. The first-order chi connectivity index (χ1) is 15.8. The second-order valence-electron chi connectivity index (χ2n) is 8.40. The summed E-state index contributed by atoms with van der Waals surface area (Å²) in [4.78, 5) is 36.0. The number of urea groups is 1. The van der Waals surface area contributed by atoms with Gasteiger partial charge in [-0.05, 0) is 31.4 Å². The van der Waals surface area contributed by atoms with Crippen LogP contribution in [0.4, 0.5) is 4.79 Å². The molecule has 3 aliphatic rings. The summed E-state index contributed by atoms with van der Waals surface area (Å²) in [6.07, 6.45) is 3.24. The number of carbonyl (C=O) groups is 2. The Bertz CT molecular complexity index is 1180. The van der Waals surface area contributed by atoms with Crippen molar-refractivity contribution in [3.05, 3.63) is 30.6 Å². The van der Waals surface area contributed by atoms with Gasteiger partial charge in [-0.3, -0.25) is 9.63 Å². The fraction of sp³-hybridized carbons (Fsp3) is 0.526. The number of hydroxylamine groups is 3. The summed E-state index contributed by atoms with van der Waals surface area (Å²) in [5.74, 6) is -0.510. The number of imidazole rings is 1. The fourth-order valence-corrected chi connectivity index (χ4v) is 5.17. The monoisotopic (exact) mass is 502 g/mol. The molecular weight excluding hydrogens is 479 g/mol. The zero-order valence-corrected chi connectivity index (χ0v) is 21.3. The van der Waals surface area contributed by atoms with Gasteiger partial charge in [0.1, 0.15) is 6.04 Å². The Balaban J connectivity index is 0.00000274. The summed E-state index contributed by atoms with van der Waals surface area (Å²) in [5.41, 5.74) is 4.39. The van der Waals surface area contributed by atoms with E-state index in [1.54, 1.807) is 0 Å². The van der Waals surface area contributed by atoms with Crippen LogP contribution in [0.15, 0.2) is 30.6 Å². The summed E-state index contributed by atoms with van der Waals surface area (Å²) in [6.45, 7) is 1.08. The Labute approximate surface area is 217 Å². The van der Waals surface area contributed by atoms with Crippen molar-refractivity contribution in [2.75, 3.05) is 19.7 Å². The first kappa shape index (κ1) is 25.3. The number of hydrogen-bond acceptors (Lipinski definition) is 9. The van der Waals surface area contributed by atoms with E-state index in [0.29, 0.717) is 17.9 Å². The van der Waals surface area contributed by atoms with Crippen molar-refractivity contribution in [3.63, 3.8) is 0 Å². The molecule has 0 aliphatic carbocycles. The van der Waals surface area contributed by atoms with Crippen LogP contribution in [0.2, 0.25) is 0 Å². The van der Waals surface area contributed by atoms with Crippen molar-refractivity contribution in [1.82, 2.24) is 30.3 Å². The minimum atomic E-state index is -5.08. The molecule has 0 radical (unpaired) electrons. The smallest absolute Gasteiger partial charge is 0.724 e. The number of amides is 3. The van der Waals surface area contributed by atoms with Gasteiger partial charge >= 0.3 is 35.6 Å². The van der Waals surface area contributed by atoms with E-state index in [4.69, 9.17) is 4.84 Å². The van der Waals surface area contributed by atoms with Gasteiger partial charge in [0, 0.05) is 25.2 Å². The number of carbonyl (C=O) groups excluding carboxylic acids is 2. The van der Waals surface area contributed by atoms with Gasteiger partial charge in [0.2, 0.25) is 10.4 Å². The maximum absolute atomic E-state index is 12.6. The molecule has 2 N–H and O–H groups in total. The second kappa shape index (κ2) is 10.1. The molecule has 3 amide bonds. The van der Waals surface area contributed by atoms with Gasteiger partial charge in [-0.2, -0.15) is 9.35 Å². The van der Waals surface area contributed by atoms with Crippen LogP contribution >= 0.6 is 0 Å². The van der Waals surface area contributed by atoms with Crippen LogP contribution in [0.5, 0.6) is 0 Å². The average Bonchev–Trinajstić information content (AvgIpc) is 3.47. The van der Waals surface area contributed by atoms with Gasteiger partial charge in [0.15, 0.2) is 0 Å². The van der Waals surface area contributed by atoms with E-state index in [1.807, 2.05) is 30.6 Å². The fourth-order valence-electron chi connectivity index (χ4n) is 4.79. The van der Waals surface area contributed by atoms with Crippen molar-refractivity contribution in [2.45, 2.75) is 43.4 Å². The molecule has 1 aromatic carbocycles. The Morgan fingerprint density at radius 1 is 1.26 bits per heavy atom. The number of fused-ring (bicyclic) bond motifs is 3. The third-order valence-corrected chi connectivity index (χ3v) is 6.67. The van der Waals surface area contributed by atoms with E-state index >= 15 is 0 Å². The number of hydrogen-bond donors (Lipinski definition) is 2. The van der Waals surface area contributed by atoms with Crippen molar-refractivity contribution < 1.29 is 61.2 Å². The van der Waals surface area contributed by atoms with Crippen LogP contribution in [0.1, 0.15) is 25.3 Å². The van der Waals surface area contributed by atoms with E-state index < -0.39 is 34.4 Å². The Morgan fingerprint density at radius 2 is 2.06 bits per heavy atom. The Morgan fingerprint density at radius 3 is 2.85 bits per heavy atom. The number of para-hydroxylation sites is 2. The molecule has 0 unspecified atom stereocenters.